The van der Waals surface area contributed by atoms with E-state index < -0.39 is 0 Å². The lowest BCUT2D eigenvalue weighted by Gasteiger charge is -2.17. The predicted molar refractivity (Wildman–Crippen MR) is 102 cm³/mol. The van der Waals surface area contributed by atoms with Gasteiger partial charge in [0.2, 0.25) is 0 Å². The molecule has 0 amide bonds. The molecule has 0 aliphatic rings. The van der Waals surface area contributed by atoms with Gasteiger partial charge in [0.25, 0.3) is 0 Å². The number of rotatable bonds is 9. The van der Waals surface area contributed by atoms with E-state index in [9.17, 15) is 0 Å². The third kappa shape index (κ3) is 6.05. The normalized spacial score (nSPS) is 12.5. The minimum Gasteiger partial charge on any atom is -0.372 e. The molecule has 0 fully saturated rings. The molecule has 128 valence electrons. The van der Waals surface area contributed by atoms with Gasteiger partial charge in [-0.15, -0.1) is 0 Å². The second-order valence-corrected chi connectivity index (χ2v) is 6.05. The Kier molecular flexibility index (Phi) is 6.60. The fraction of sp³-hybridized carbons (Fsp3) is 0.227. The number of hydrogen-bond donors (Lipinski definition) is 0. The highest BCUT2D eigenvalue weighted by atomic mass is 16.5. The molecular weight excluding hydrogens is 308 g/mol. The van der Waals surface area contributed by atoms with Crippen molar-refractivity contribution in [3.05, 3.63) is 96.6 Å². The molecule has 3 heteroatoms. The lowest BCUT2D eigenvalue weighted by molar-refractivity contribution is 0.0553. The van der Waals surface area contributed by atoms with Gasteiger partial charge in [0, 0.05) is 18.9 Å². The highest BCUT2D eigenvalue weighted by Crippen LogP contribution is 2.10. The lowest BCUT2D eigenvalue weighted by atomic mass is 10.1. The third-order valence-electron chi connectivity index (χ3n) is 4.11. The predicted octanol–water partition coefficient (Wildman–Crippen LogP) is 4.61. The van der Waals surface area contributed by atoms with Crippen LogP contribution in [0.2, 0.25) is 0 Å². The zero-order chi connectivity index (χ0) is 17.2. The molecule has 0 saturated carbocycles. The molecule has 1 aromatic heterocycles. The topological polar surface area (TPSA) is 27.1 Å². The van der Waals surface area contributed by atoms with Crippen molar-refractivity contribution in [1.29, 1.82) is 0 Å². The Balaban J connectivity index is 1.53. The summed E-state index contributed by atoms with van der Waals surface area (Å²) in [6.07, 6.45) is 12.0. The van der Waals surface area contributed by atoms with Crippen molar-refractivity contribution in [2.45, 2.75) is 25.5 Å². The maximum absolute atomic E-state index is 6.12. The zero-order valence-corrected chi connectivity index (χ0v) is 14.4. The van der Waals surface area contributed by atoms with Crippen LogP contribution in [0.5, 0.6) is 0 Å². The van der Waals surface area contributed by atoms with Crippen LogP contribution in [-0.2, 0) is 17.7 Å². The Morgan fingerprint density at radius 2 is 1.76 bits per heavy atom. The Hall–Kier alpha value is -2.65. The van der Waals surface area contributed by atoms with Crippen LogP contribution in [0.3, 0.4) is 0 Å². The molecule has 1 heterocycles. The average Bonchev–Trinajstić information content (AvgIpc) is 3.18. The van der Waals surface area contributed by atoms with E-state index in [-0.39, 0.29) is 6.10 Å². The van der Waals surface area contributed by atoms with E-state index in [4.69, 9.17) is 4.74 Å². The first-order chi connectivity index (χ1) is 12.4. The maximum Gasteiger partial charge on any atom is 0.0946 e. The summed E-state index contributed by atoms with van der Waals surface area (Å²) in [4.78, 5) is 4.12. The van der Waals surface area contributed by atoms with Gasteiger partial charge in [-0.25, -0.2) is 4.98 Å². The van der Waals surface area contributed by atoms with Crippen LogP contribution < -0.4 is 0 Å². The second kappa shape index (κ2) is 9.60. The Morgan fingerprint density at radius 1 is 1.00 bits per heavy atom. The van der Waals surface area contributed by atoms with Crippen molar-refractivity contribution in [2.75, 3.05) is 6.61 Å². The molecule has 0 radical (unpaired) electrons. The number of nitrogens with zero attached hydrogens (tertiary/aromatic N) is 2. The van der Waals surface area contributed by atoms with Crippen LogP contribution in [0.15, 0.2) is 85.5 Å². The van der Waals surface area contributed by atoms with Crippen LogP contribution in [0.25, 0.3) is 6.08 Å². The molecule has 2 aromatic carbocycles. The minimum absolute atomic E-state index is 0.162. The van der Waals surface area contributed by atoms with Crippen molar-refractivity contribution >= 4 is 6.08 Å². The molecule has 0 bridgehead atoms. The van der Waals surface area contributed by atoms with Crippen LogP contribution in [-0.4, -0.2) is 22.3 Å². The molecule has 1 atom stereocenters. The summed E-state index contributed by atoms with van der Waals surface area (Å²) in [6, 6.07) is 20.9. The van der Waals surface area contributed by atoms with Crippen molar-refractivity contribution in [3.63, 3.8) is 0 Å². The molecule has 0 aliphatic heterocycles. The van der Waals surface area contributed by atoms with Gasteiger partial charge in [0.15, 0.2) is 0 Å². The van der Waals surface area contributed by atoms with Gasteiger partial charge in [-0.3, -0.25) is 0 Å². The van der Waals surface area contributed by atoms with Gasteiger partial charge < -0.3 is 9.30 Å². The maximum atomic E-state index is 6.12. The summed E-state index contributed by atoms with van der Waals surface area (Å²) in [6.45, 7) is 1.44. The molecule has 1 unspecified atom stereocenters. The van der Waals surface area contributed by atoms with Gasteiger partial charge >= 0.3 is 0 Å². The van der Waals surface area contributed by atoms with Gasteiger partial charge in [0.05, 0.1) is 19.0 Å². The number of aryl methyl sites for hydroxylation is 1. The summed E-state index contributed by atoms with van der Waals surface area (Å²) in [7, 11) is 0. The van der Waals surface area contributed by atoms with E-state index in [0.717, 1.165) is 19.4 Å². The SMILES string of the molecule is C(=Cc1ccccc1)COC(CCc1ccccc1)Cn1ccnc1. The summed E-state index contributed by atoms with van der Waals surface area (Å²) in [5.74, 6) is 0. The first-order valence-electron chi connectivity index (χ1n) is 8.73. The molecule has 3 rings (SSSR count). The second-order valence-electron chi connectivity index (χ2n) is 6.05. The Morgan fingerprint density at radius 3 is 2.48 bits per heavy atom. The van der Waals surface area contributed by atoms with E-state index in [2.05, 4.69) is 64.2 Å². The zero-order valence-electron chi connectivity index (χ0n) is 14.4. The molecule has 0 spiro atoms. The molecule has 3 aromatic rings. The lowest BCUT2D eigenvalue weighted by Crippen LogP contribution is -2.20. The Bertz CT molecular complexity index is 736. The molecule has 3 nitrogen and oxygen atoms in total. The van der Waals surface area contributed by atoms with Crippen molar-refractivity contribution < 1.29 is 4.74 Å². The van der Waals surface area contributed by atoms with Gasteiger partial charge in [-0.05, 0) is 24.0 Å². The molecular formula is C22H24N2O. The van der Waals surface area contributed by atoms with Crippen LogP contribution in [0.1, 0.15) is 17.5 Å². The highest BCUT2D eigenvalue weighted by Gasteiger charge is 2.10. The quantitative estimate of drug-likeness (QED) is 0.572. The summed E-state index contributed by atoms with van der Waals surface area (Å²) in [5.41, 5.74) is 2.54. The first-order valence-corrected chi connectivity index (χ1v) is 8.73. The highest BCUT2D eigenvalue weighted by molar-refractivity contribution is 5.48. The van der Waals surface area contributed by atoms with Crippen molar-refractivity contribution in [1.82, 2.24) is 9.55 Å². The summed E-state index contributed by atoms with van der Waals surface area (Å²) >= 11 is 0. The van der Waals surface area contributed by atoms with Gasteiger partial charge in [-0.1, -0.05) is 72.8 Å². The number of imidazole rings is 1. The smallest absolute Gasteiger partial charge is 0.0946 e. The number of hydrogen-bond acceptors (Lipinski definition) is 2. The molecule has 25 heavy (non-hydrogen) atoms. The summed E-state index contributed by atoms with van der Waals surface area (Å²) < 4.78 is 8.20. The van der Waals surface area contributed by atoms with Crippen LogP contribution in [0.4, 0.5) is 0 Å². The largest absolute Gasteiger partial charge is 0.372 e. The molecule has 0 saturated heterocycles. The fourth-order valence-electron chi connectivity index (χ4n) is 2.77. The van der Waals surface area contributed by atoms with Gasteiger partial charge in [0.1, 0.15) is 0 Å². The van der Waals surface area contributed by atoms with Crippen molar-refractivity contribution in [3.8, 4) is 0 Å². The number of aromatic nitrogens is 2. The molecule has 0 aliphatic carbocycles. The third-order valence-corrected chi connectivity index (χ3v) is 4.11. The summed E-state index contributed by atoms with van der Waals surface area (Å²) in [5, 5.41) is 0. The van der Waals surface area contributed by atoms with Gasteiger partial charge in [-0.2, -0.15) is 0 Å². The number of benzene rings is 2. The first kappa shape index (κ1) is 17.2. The van der Waals surface area contributed by atoms with E-state index >= 15 is 0 Å². The average molecular weight is 332 g/mol. The minimum atomic E-state index is 0.162. The van der Waals surface area contributed by atoms with Crippen molar-refractivity contribution in [2.24, 2.45) is 0 Å². The van der Waals surface area contributed by atoms with E-state index in [1.54, 1.807) is 0 Å². The molecule has 0 N–H and O–H groups in total. The van der Waals surface area contributed by atoms with Crippen LogP contribution >= 0.6 is 0 Å². The monoisotopic (exact) mass is 332 g/mol. The van der Waals surface area contributed by atoms with Crippen LogP contribution in [0, 0.1) is 0 Å². The number of ether oxygens (including phenoxy) is 1. The van der Waals surface area contributed by atoms with E-state index in [1.807, 2.05) is 36.9 Å². The fourth-order valence-corrected chi connectivity index (χ4v) is 2.77. The standard InChI is InChI=1S/C22H24N2O/c1-3-8-20(9-4-1)12-7-17-25-22(18-24-16-15-23-19-24)14-13-21-10-5-2-6-11-21/h1-12,15-16,19,22H,13-14,17-18H2. The Labute approximate surface area is 149 Å². The van der Waals surface area contributed by atoms with E-state index in [1.165, 1.54) is 11.1 Å². The van der Waals surface area contributed by atoms with E-state index in [0.29, 0.717) is 6.61 Å².